The van der Waals surface area contributed by atoms with Gasteiger partial charge in [0.25, 0.3) is 5.91 Å². The zero-order valence-electron chi connectivity index (χ0n) is 17.0. The third-order valence-corrected chi connectivity index (χ3v) is 4.35. The van der Waals surface area contributed by atoms with Gasteiger partial charge in [-0.15, -0.1) is 0 Å². The molecule has 1 aromatic heterocycles. The first-order chi connectivity index (χ1) is 13.9. The third kappa shape index (κ3) is 3.89. The minimum absolute atomic E-state index is 0.0136. The zero-order chi connectivity index (χ0) is 21.1. The summed E-state index contributed by atoms with van der Waals surface area (Å²) in [6, 6.07) is 9.86. The van der Waals surface area contributed by atoms with Crippen LogP contribution in [0.4, 0.5) is 0 Å². The standard InChI is InChI=1S/C22H23NO6/c1-12(2)23-22(25)14-8-6-7-13(9-14)16-10-15(24)19-17(29-16)11-18(26-3)20(27-4)21(19)28-5/h6-12H,1-5H3,(H,23,25). The van der Waals surface area contributed by atoms with Crippen LogP contribution in [0.1, 0.15) is 24.2 Å². The van der Waals surface area contributed by atoms with E-state index in [0.717, 1.165) is 0 Å². The Morgan fingerprint density at radius 2 is 1.72 bits per heavy atom. The molecule has 1 amide bonds. The van der Waals surface area contributed by atoms with Crippen molar-refractivity contribution in [3.8, 4) is 28.6 Å². The summed E-state index contributed by atoms with van der Waals surface area (Å²) in [6.45, 7) is 3.78. The van der Waals surface area contributed by atoms with Crippen LogP contribution in [-0.4, -0.2) is 33.3 Å². The second-order valence-corrected chi connectivity index (χ2v) is 6.70. The molecule has 2 aromatic carbocycles. The highest BCUT2D eigenvalue weighted by molar-refractivity contribution is 5.95. The Morgan fingerprint density at radius 3 is 2.34 bits per heavy atom. The molecule has 0 spiro atoms. The average Bonchev–Trinajstić information content (AvgIpc) is 2.71. The number of rotatable bonds is 6. The summed E-state index contributed by atoms with van der Waals surface area (Å²) in [7, 11) is 4.40. The van der Waals surface area contributed by atoms with Crippen LogP contribution >= 0.6 is 0 Å². The Kier molecular flexibility index (Phi) is 5.77. The number of hydrogen-bond donors (Lipinski definition) is 1. The summed E-state index contributed by atoms with van der Waals surface area (Å²) >= 11 is 0. The summed E-state index contributed by atoms with van der Waals surface area (Å²) in [5, 5.41) is 3.10. The largest absolute Gasteiger partial charge is 0.493 e. The van der Waals surface area contributed by atoms with Gasteiger partial charge in [-0.25, -0.2) is 0 Å². The van der Waals surface area contributed by atoms with E-state index in [4.69, 9.17) is 18.6 Å². The lowest BCUT2D eigenvalue weighted by Crippen LogP contribution is -2.30. The second kappa shape index (κ2) is 8.26. The fraction of sp³-hybridized carbons (Fsp3) is 0.273. The van der Waals surface area contributed by atoms with E-state index in [1.165, 1.54) is 27.4 Å². The van der Waals surface area contributed by atoms with Gasteiger partial charge in [-0.05, 0) is 26.0 Å². The van der Waals surface area contributed by atoms with E-state index in [2.05, 4.69) is 5.32 Å². The smallest absolute Gasteiger partial charge is 0.251 e. The monoisotopic (exact) mass is 397 g/mol. The maximum atomic E-state index is 12.9. The summed E-state index contributed by atoms with van der Waals surface area (Å²) < 4.78 is 22.0. The molecule has 7 nitrogen and oxygen atoms in total. The molecule has 0 aliphatic rings. The van der Waals surface area contributed by atoms with Crippen molar-refractivity contribution < 1.29 is 23.4 Å². The number of nitrogens with one attached hydrogen (secondary N) is 1. The van der Waals surface area contributed by atoms with Gasteiger partial charge in [-0.2, -0.15) is 0 Å². The van der Waals surface area contributed by atoms with Gasteiger partial charge < -0.3 is 23.9 Å². The zero-order valence-corrected chi connectivity index (χ0v) is 17.0. The van der Waals surface area contributed by atoms with Gasteiger partial charge in [-0.1, -0.05) is 12.1 Å². The highest BCUT2D eigenvalue weighted by atomic mass is 16.5. The Balaban J connectivity index is 2.18. The molecule has 3 rings (SSSR count). The molecule has 3 aromatic rings. The molecule has 29 heavy (non-hydrogen) atoms. The molecule has 0 atom stereocenters. The number of benzene rings is 2. The summed E-state index contributed by atoms with van der Waals surface area (Å²) in [5.74, 6) is 1.07. The number of hydrogen-bond acceptors (Lipinski definition) is 6. The van der Waals surface area contributed by atoms with Gasteiger partial charge in [0.05, 0.1) is 21.3 Å². The first kappa shape index (κ1) is 20.3. The van der Waals surface area contributed by atoms with E-state index in [0.29, 0.717) is 34.0 Å². The van der Waals surface area contributed by atoms with Crippen molar-refractivity contribution in [2.45, 2.75) is 19.9 Å². The Labute approximate surface area is 168 Å². The van der Waals surface area contributed by atoms with Crippen LogP contribution < -0.4 is 25.0 Å². The lowest BCUT2D eigenvalue weighted by atomic mass is 10.1. The van der Waals surface area contributed by atoms with Crippen LogP contribution in [0.5, 0.6) is 17.2 Å². The molecule has 0 unspecified atom stereocenters. The molecule has 0 radical (unpaired) electrons. The van der Waals surface area contributed by atoms with Gasteiger partial charge >= 0.3 is 0 Å². The molecule has 0 bridgehead atoms. The minimum atomic E-state index is -0.295. The second-order valence-electron chi connectivity index (χ2n) is 6.70. The predicted molar refractivity (Wildman–Crippen MR) is 110 cm³/mol. The third-order valence-electron chi connectivity index (χ3n) is 4.35. The fourth-order valence-corrected chi connectivity index (χ4v) is 3.09. The Hall–Kier alpha value is -3.48. The van der Waals surface area contributed by atoms with E-state index in [9.17, 15) is 9.59 Å². The van der Waals surface area contributed by atoms with Crippen LogP contribution in [0.25, 0.3) is 22.3 Å². The molecule has 1 heterocycles. The van der Waals surface area contributed by atoms with Crippen molar-refractivity contribution in [3.63, 3.8) is 0 Å². The lowest BCUT2D eigenvalue weighted by Gasteiger charge is -2.14. The molecule has 0 aliphatic heterocycles. The number of amides is 1. The van der Waals surface area contributed by atoms with Gasteiger partial charge in [0.15, 0.2) is 16.9 Å². The van der Waals surface area contributed by atoms with Crippen molar-refractivity contribution >= 4 is 16.9 Å². The van der Waals surface area contributed by atoms with Crippen LogP contribution in [0.3, 0.4) is 0 Å². The van der Waals surface area contributed by atoms with E-state index in [1.54, 1.807) is 30.3 Å². The van der Waals surface area contributed by atoms with Crippen LogP contribution in [0.15, 0.2) is 45.6 Å². The molecule has 1 N–H and O–H groups in total. The van der Waals surface area contributed by atoms with Gasteiger partial charge in [0, 0.05) is 29.3 Å². The van der Waals surface area contributed by atoms with Crippen LogP contribution in [0, 0.1) is 0 Å². The summed E-state index contributed by atoms with van der Waals surface area (Å²) in [4.78, 5) is 25.2. The Morgan fingerprint density at radius 1 is 1.00 bits per heavy atom. The number of carbonyl (C=O) groups is 1. The van der Waals surface area contributed by atoms with Crippen LogP contribution in [-0.2, 0) is 0 Å². The first-order valence-corrected chi connectivity index (χ1v) is 9.07. The molecule has 0 aliphatic carbocycles. The molecule has 0 saturated heterocycles. The van der Waals surface area contributed by atoms with Crippen molar-refractivity contribution in [1.82, 2.24) is 5.32 Å². The predicted octanol–water partition coefficient (Wildman–Crippen LogP) is 3.62. The number of ether oxygens (including phenoxy) is 3. The number of methoxy groups -OCH3 is 3. The van der Waals surface area contributed by atoms with E-state index in [1.807, 2.05) is 13.8 Å². The molecule has 0 fully saturated rings. The highest BCUT2D eigenvalue weighted by Gasteiger charge is 2.21. The van der Waals surface area contributed by atoms with E-state index >= 15 is 0 Å². The Bertz CT molecular complexity index is 1120. The number of fused-ring (bicyclic) bond motifs is 1. The SMILES string of the molecule is COc1cc2oc(-c3cccc(C(=O)NC(C)C)c3)cc(=O)c2c(OC)c1OC. The minimum Gasteiger partial charge on any atom is -0.493 e. The summed E-state index contributed by atoms with van der Waals surface area (Å²) in [6.07, 6.45) is 0. The van der Waals surface area contributed by atoms with Crippen molar-refractivity contribution in [2.24, 2.45) is 0 Å². The van der Waals surface area contributed by atoms with E-state index < -0.39 is 0 Å². The quantitative estimate of drug-likeness (QED) is 0.684. The van der Waals surface area contributed by atoms with Gasteiger partial charge in [0.1, 0.15) is 16.7 Å². The first-order valence-electron chi connectivity index (χ1n) is 9.07. The molecule has 7 heteroatoms. The number of carbonyl (C=O) groups excluding carboxylic acids is 1. The maximum absolute atomic E-state index is 12.9. The van der Waals surface area contributed by atoms with Crippen molar-refractivity contribution in [2.75, 3.05) is 21.3 Å². The lowest BCUT2D eigenvalue weighted by molar-refractivity contribution is 0.0943. The average molecular weight is 397 g/mol. The topological polar surface area (TPSA) is 87.0 Å². The van der Waals surface area contributed by atoms with Crippen molar-refractivity contribution in [3.05, 3.63) is 52.2 Å². The highest BCUT2D eigenvalue weighted by Crippen LogP contribution is 2.42. The summed E-state index contributed by atoms with van der Waals surface area (Å²) in [5.41, 5.74) is 1.08. The van der Waals surface area contributed by atoms with Gasteiger partial charge in [0.2, 0.25) is 5.75 Å². The molecule has 0 saturated carbocycles. The van der Waals surface area contributed by atoms with Gasteiger partial charge in [-0.3, -0.25) is 9.59 Å². The molecule has 152 valence electrons. The molecular weight excluding hydrogens is 374 g/mol. The molecular formula is C22H23NO6. The normalized spacial score (nSPS) is 10.8. The maximum Gasteiger partial charge on any atom is 0.251 e. The fourth-order valence-electron chi connectivity index (χ4n) is 3.09. The van der Waals surface area contributed by atoms with E-state index in [-0.39, 0.29) is 28.5 Å². The van der Waals surface area contributed by atoms with Crippen LogP contribution in [0.2, 0.25) is 0 Å². The van der Waals surface area contributed by atoms with Crippen molar-refractivity contribution in [1.29, 1.82) is 0 Å².